The van der Waals surface area contributed by atoms with E-state index in [4.69, 9.17) is 9.47 Å². The highest BCUT2D eigenvalue weighted by molar-refractivity contribution is 5.41. The van der Waals surface area contributed by atoms with Crippen molar-refractivity contribution in [2.24, 2.45) is 0 Å². The van der Waals surface area contributed by atoms with Gasteiger partial charge in [-0.05, 0) is 43.7 Å². The lowest BCUT2D eigenvalue weighted by Gasteiger charge is -2.32. The molecule has 1 atom stereocenters. The predicted octanol–water partition coefficient (Wildman–Crippen LogP) is 2.27. The van der Waals surface area contributed by atoms with Gasteiger partial charge in [-0.3, -0.25) is 0 Å². The van der Waals surface area contributed by atoms with Gasteiger partial charge >= 0.3 is 0 Å². The summed E-state index contributed by atoms with van der Waals surface area (Å²) < 4.78 is 12.0. The third kappa shape index (κ3) is 2.65. The molecule has 2 heterocycles. The molecule has 0 amide bonds. The van der Waals surface area contributed by atoms with Crippen molar-refractivity contribution in [1.82, 2.24) is 10.3 Å². The molecule has 1 aromatic heterocycles. The van der Waals surface area contributed by atoms with E-state index in [0.29, 0.717) is 5.92 Å². The van der Waals surface area contributed by atoms with Gasteiger partial charge in [0, 0.05) is 30.4 Å². The second-order valence-corrected chi connectivity index (χ2v) is 5.83. The van der Waals surface area contributed by atoms with Crippen molar-refractivity contribution in [2.75, 3.05) is 26.3 Å². The van der Waals surface area contributed by atoms with Crippen molar-refractivity contribution >= 4 is 0 Å². The van der Waals surface area contributed by atoms with E-state index in [-0.39, 0.29) is 6.29 Å². The quantitative estimate of drug-likeness (QED) is 0.872. The fourth-order valence-electron chi connectivity index (χ4n) is 3.67. The maximum Gasteiger partial charge on any atom is 0.164 e. The molecule has 2 aliphatic rings. The van der Waals surface area contributed by atoms with Crippen LogP contribution in [0.2, 0.25) is 0 Å². The summed E-state index contributed by atoms with van der Waals surface area (Å²) in [5, 5.41) is 3.30. The molecule has 0 spiro atoms. The number of H-pyrrole nitrogens is 1. The van der Waals surface area contributed by atoms with E-state index >= 15 is 0 Å². The van der Waals surface area contributed by atoms with Gasteiger partial charge in [0.25, 0.3) is 0 Å². The van der Waals surface area contributed by atoms with Crippen LogP contribution in [0.4, 0.5) is 0 Å². The van der Waals surface area contributed by atoms with Crippen molar-refractivity contribution < 1.29 is 9.47 Å². The van der Waals surface area contributed by atoms with E-state index < -0.39 is 0 Å². The molecular weight excluding hydrogens is 252 g/mol. The Balaban J connectivity index is 1.87. The molecule has 0 radical (unpaired) electrons. The summed E-state index contributed by atoms with van der Waals surface area (Å²) in [5.41, 5.74) is 5.73. The van der Waals surface area contributed by atoms with Crippen molar-refractivity contribution in [2.45, 2.75) is 51.7 Å². The average molecular weight is 278 g/mol. The van der Waals surface area contributed by atoms with Gasteiger partial charge in [0.1, 0.15) is 0 Å². The molecule has 0 aromatic carbocycles. The van der Waals surface area contributed by atoms with E-state index in [1.54, 1.807) is 0 Å². The van der Waals surface area contributed by atoms with Crippen LogP contribution in [-0.2, 0) is 22.3 Å². The van der Waals surface area contributed by atoms with Crippen LogP contribution in [0, 0.1) is 6.92 Å². The highest BCUT2D eigenvalue weighted by Crippen LogP contribution is 2.39. The average Bonchev–Trinajstić information content (AvgIpc) is 2.73. The minimum Gasteiger partial charge on any atom is -0.362 e. The first-order chi connectivity index (χ1) is 9.81. The van der Waals surface area contributed by atoms with E-state index in [1.807, 2.05) is 0 Å². The molecule has 112 valence electrons. The van der Waals surface area contributed by atoms with Crippen molar-refractivity contribution in [1.29, 1.82) is 0 Å². The molecule has 0 bridgehead atoms. The molecule has 1 fully saturated rings. The Bertz CT molecular complexity index is 448. The Hall–Kier alpha value is -0.840. The Morgan fingerprint density at radius 3 is 2.65 bits per heavy atom. The number of nitrogens with one attached hydrogen (secondary N) is 2. The van der Waals surface area contributed by atoms with Gasteiger partial charge in [0.15, 0.2) is 6.29 Å². The largest absolute Gasteiger partial charge is 0.362 e. The van der Waals surface area contributed by atoms with Crippen LogP contribution >= 0.6 is 0 Å². The Kier molecular flexibility index (Phi) is 4.44. The van der Waals surface area contributed by atoms with Crippen LogP contribution < -0.4 is 5.32 Å². The number of hydrogen-bond acceptors (Lipinski definition) is 3. The van der Waals surface area contributed by atoms with E-state index in [0.717, 1.165) is 32.7 Å². The van der Waals surface area contributed by atoms with Gasteiger partial charge in [0.05, 0.1) is 13.2 Å². The van der Waals surface area contributed by atoms with E-state index in [2.05, 4.69) is 24.1 Å². The number of aryl methyl sites for hydroxylation is 2. The van der Waals surface area contributed by atoms with E-state index in [9.17, 15) is 0 Å². The fourth-order valence-corrected chi connectivity index (χ4v) is 3.67. The molecule has 3 rings (SSSR count). The number of aromatic amines is 1. The first kappa shape index (κ1) is 14.1. The lowest BCUT2D eigenvalue weighted by Crippen LogP contribution is -2.37. The molecule has 4 nitrogen and oxygen atoms in total. The van der Waals surface area contributed by atoms with Crippen LogP contribution in [0.15, 0.2) is 0 Å². The fraction of sp³-hybridized carbons (Fsp3) is 0.750. The maximum absolute atomic E-state index is 5.99. The number of hydrogen-bond donors (Lipinski definition) is 2. The molecule has 4 heteroatoms. The molecule has 2 N–H and O–H groups in total. The van der Waals surface area contributed by atoms with Crippen LogP contribution in [0.5, 0.6) is 0 Å². The Morgan fingerprint density at radius 2 is 1.95 bits per heavy atom. The predicted molar refractivity (Wildman–Crippen MR) is 79.1 cm³/mol. The van der Waals surface area contributed by atoms with Crippen LogP contribution in [0.3, 0.4) is 0 Å². The van der Waals surface area contributed by atoms with Gasteiger partial charge in [-0.1, -0.05) is 6.92 Å². The maximum atomic E-state index is 5.99. The van der Waals surface area contributed by atoms with Gasteiger partial charge < -0.3 is 19.8 Å². The zero-order valence-corrected chi connectivity index (χ0v) is 12.6. The standard InChI is InChI=1S/C16H26N2O2/c1-3-12-11(2)18-14-6-4-5-13(15(12)14)16-19-9-7-17-8-10-20-16/h13,16-18H,3-10H2,1-2H3. The Labute approximate surface area is 121 Å². The summed E-state index contributed by atoms with van der Waals surface area (Å²) >= 11 is 0. The third-order valence-electron chi connectivity index (χ3n) is 4.56. The lowest BCUT2D eigenvalue weighted by atomic mass is 9.83. The molecule has 1 aliphatic carbocycles. The zero-order valence-electron chi connectivity index (χ0n) is 12.6. The molecule has 0 saturated carbocycles. The summed E-state index contributed by atoms with van der Waals surface area (Å²) in [7, 11) is 0. The second kappa shape index (κ2) is 6.29. The second-order valence-electron chi connectivity index (χ2n) is 5.83. The summed E-state index contributed by atoms with van der Waals surface area (Å²) in [6, 6.07) is 0. The number of fused-ring (bicyclic) bond motifs is 1. The smallest absolute Gasteiger partial charge is 0.164 e. The first-order valence-electron chi connectivity index (χ1n) is 7.95. The van der Waals surface area contributed by atoms with Crippen LogP contribution in [0.25, 0.3) is 0 Å². The molecular formula is C16H26N2O2. The van der Waals surface area contributed by atoms with Gasteiger partial charge in [-0.2, -0.15) is 0 Å². The molecule has 20 heavy (non-hydrogen) atoms. The van der Waals surface area contributed by atoms with Gasteiger partial charge in [-0.15, -0.1) is 0 Å². The van der Waals surface area contributed by atoms with Gasteiger partial charge in [0.2, 0.25) is 0 Å². The summed E-state index contributed by atoms with van der Waals surface area (Å²) in [6.45, 7) is 7.76. The molecule has 1 aromatic rings. The van der Waals surface area contributed by atoms with Crippen molar-refractivity contribution in [3.8, 4) is 0 Å². The summed E-state index contributed by atoms with van der Waals surface area (Å²) in [5.74, 6) is 0.400. The summed E-state index contributed by atoms with van der Waals surface area (Å²) in [6.07, 6.45) is 4.58. The highest BCUT2D eigenvalue weighted by Gasteiger charge is 2.33. The SMILES string of the molecule is CCc1c(C)[nH]c2c1C(C1OCCNCCO1)CCC2. The minimum absolute atomic E-state index is 0.0725. The first-order valence-corrected chi connectivity index (χ1v) is 7.95. The minimum atomic E-state index is -0.0725. The number of ether oxygens (including phenoxy) is 2. The zero-order chi connectivity index (χ0) is 13.9. The highest BCUT2D eigenvalue weighted by atomic mass is 16.7. The normalized spacial score (nSPS) is 25.0. The molecule has 1 saturated heterocycles. The van der Waals surface area contributed by atoms with Crippen molar-refractivity contribution in [3.05, 3.63) is 22.5 Å². The monoisotopic (exact) mass is 278 g/mol. The summed E-state index contributed by atoms with van der Waals surface area (Å²) in [4.78, 5) is 3.59. The van der Waals surface area contributed by atoms with Crippen molar-refractivity contribution in [3.63, 3.8) is 0 Å². The molecule has 1 aliphatic heterocycles. The van der Waals surface area contributed by atoms with E-state index in [1.165, 1.54) is 41.8 Å². The van der Waals surface area contributed by atoms with Crippen LogP contribution in [-0.4, -0.2) is 37.6 Å². The topological polar surface area (TPSA) is 46.3 Å². The number of rotatable bonds is 2. The Morgan fingerprint density at radius 1 is 1.20 bits per heavy atom. The molecule has 1 unspecified atom stereocenters. The third-order valence-corrected chi connectivity index (χ3v) is 4.56. The van der Waals surface area contributed by atoms with Crippen LogP contribution in [0.1, 0.15) is 48.2 Å². The number of aromatic nitrogens is 1. The lowest BCUT2D eigenvalue weighted by molar-refractivity contribution is -0.163. The van der Waals surface area contributed by atoms with Gasteiger partial charge in [-0.25, -0.2) is 0 Å².